The van der Waals surface area contributed by atoms with Gasteiger partial charge in [0.1, 0.15) is 5.75 Å². The highest BCUT2D eigenvalue weighted by Crippen LogP contribution is 2.36. The molecule has 0 bridgehead atoms. The number of halogens is 3. The van der Waals surface area contributed by atoms with Crippen LogP contribution in [0.15, 0.2) is 35.5 Å². The lowest BCUT2D eigenvalue weighted by atomic mass is 9.95. The molecule has 0 N–H and O–H groups in total. The number of alkyl halides is 3. The van der Waals surface area contributed by atoms with E-state index in [9.17, 15) is 18.0 Å². The summed E-state index contributed by atoms with van der Waals surface area (Å²) in [6, 6.07) is 3.13. The number of hydrogen-bond acceptors (Lipinski definition) is 4. The Bertz CT molecular complexity index is 843. The number of rotatable bonds is 5. The predicted octanol–water partition coefficient (Wildman–Crippen LogP) is 4.42. The highest BCUT2D eigenvalue weighted by Gasteiger charge is 2.32. The smallest absolute Gasteiger partial charge is 0.416 e. The van der Waals surface area contributed by atoms with Crippen molar-refractivity contribution in [3.63, 3.8) is 0 Å². The summed E-state index contributed by atoms with van der Waals surface area (Å²) < 4.78 is 50.9. The number of benzene rings is 1. The Kier molecular flexibility index (Phi) is 5.84. The van der Waals surface area contributed by atoms with Gasteiger partial charge < -0.3 is 9.47 Å². The summed E-state index contributed by atoms with van der Waals surface area (Å²) in [5.41, 5.74) is -0.654. The zero-order valence-electron chi connectivity index (χ0n) is 15.0. The van der Waals surface area contributed by atoms with Gasteiger partial charge >= 0.3 is 6.18 Å². The van der Waals surface area contributed by atoms with Crippen molar-refractivity contribution in [1.29, 1.82) is 0 Å². The molecular formula is C19H21F3N2O3. The second kappa shape index (κ2) is 8.12. The summed E-state index contributed by atoms with van der Waals surface area (Å²) in [5.74, 6) is -0.0630. The van der Waals surface area contributed by atoms with Gasteiger partial charge in [-0.3, -0.25) is 9.36 Å². The number of ether oxygens (including phenoxy) is 2. The number of aromatic nitrogens is 2. The summed E-state index contributed by atoms with van der Waals surface area (Å²) >= 11 is 0. The van der Waals surface area contributed by atoms with Crippen LogP contribution in [0.3, 0.4) is 0 Å². The Balaban J connectivity index is 2.06. The molecule has 27 heavy (non-hydrogen) atoms. The minimum atomic E-state index is -4.51. The molecule has 5 nitrogen and oxygen atoms in total. The molecule has 0 radical (unpaired) electrons. The van der Waals surface area contributed by atoms with Crippen LogP contribution < -0.4 is 10.3 Å². The van der Waals surface area contributed by atoms with E-state index in [0.717, 1.165) is 44.2 Å². The molecule has 0 amide bonds. The average molecular weight is 382 g/mol. The zero-order valence-corrected chi connectivity index (χ0v) is 15.0. The van der Waals surface area contributed by atoms with E-state index in [4.69, 9.17) is 9.47 Å². The van der Waals surface area contributed by atoms with E-state index in [-0.39, 0.29) is 35.3 Å². The maximum Gasteiger partial charge on any atom is 0.416 e. The molecule has 1 heterocycles. The molecule has 0 unspecified atom stereocenters. The fourth-order valence-corrected chi connectivity index (χ4v) is 3.39. The first-order valence-corrected chi connectivity index (χ1v) is 8.81. The number of methoxy groups -OCH3 is 1. The summed E-state index contributed by atoms with van der Waals surface area (Å²) in [5, 5.41) is 0. The molecule has 0 aliphatic heterocycles. The van der Waals surface area contributed by atoms with Gasteiger partial charge in [0.2, 0.25) is 0 Å². The maximum atomic E-state index is 13.0. The van der Waals surface area contributed by atoms with E-state index in [1.54, 1.807) is 4.57 Å². The Hall–Kier alpha value is -2.35. The van der Waals surface area contributed by atoms with Crippen LogP contribution in [-0.2, 0) is 10.9 Å². The van der Waals surface area contributed by atoms with E-state index in [1.165, 1.54) is 25.7 Å². The van der Waals surface area contributed by atoms with Crippen LogP contribution in [0.2, 0.25) is 0 Å². The second-order valence-electron chi connectivity index (χ2n) is 6.57. The average Bonchev–Trinajstić information content (AvgIpc) is 2.66. The van der Waals surface area contributed by atoms with Crippen molar-refractivity contribution in [2.75, 3.05) is 13.9 Å². The normalized spacial score (nSPS) is 15.7. The third kappa shape index (κ3) is 4.32. The minimum absolute atomic E-state index is 0.0630. The predicted molar refractivity (Wildman–Crippen MR) is 93.6 cm³/mol. The van der Waals surface area contributed by atoms with Crippen molar-refractivity contribution in [2.24, 2.45) is 0 Å². The molecule has 1 aliphatic rings. The molecule has 1 aromatic carbocycles. The van der Waals surface area contributed by atoms with Gasteiger partial charge in [-0.2, -0.15) is 13.2 Å². The molecule has 146 valence electrons. The van der Waals surface area contributed by atoms with E-state index < -0.39 is 11.7 Å². The van der Waals surface area contributed by atoms with Gasteiger partial charge in [-0.25, -0.2) is 4.98 Å². The SMILES string of the molecule is COCOc1cc(C(F)(F)F)ccc1-c1cncn(C2CCCCC2)c1=O. The largest absolute Gasteiger partial charge is 0.467 e. The van der Waals surface area contributed by atoms with E-state index >= 15 is 0 Å². The van der Waals surface area contributed by atoms with Gasteiger partial charge in [-0.05, 0) is 31.0 Å². The molecular weight excluding hydrogens is 361 g/mol. The quantitative estimate of drug-likeness (QED) is 0.719. The van der Waals surface area contributed by atoms with Crippen molar-refractivity contribution >= 4 is 0 Å². The Morgan fingerprint density at radius 2 is 1.93 bits per heavy atom. The molecule has 0 saturated heterocycles. The molecule has 1 aliphatic carbocycles. The first-order valence-electron chi connectivity index (χ1n) is 8.81. The summed E-state index contributed by atoms with van der Waals surface area (Å²) in [6.45, 7) is -0.231. The zero-order chi connectivity index (χ0) is 19.4. The van der Waals surface area contributed by atoms with Gasteiger partial charge in [-0.15, -0.1) is 0 Å². The van der Waals surface area contributed by atoms with Crippen molar-refractivity contribution in [2.45, 2.75) is 44.3 Å². The molecule has 1 aromatic heterocycles. The molecule has 0 atom stereocenters. The molecule has 3 rings (SSSR count). The molecule has 1 saturated carbocycles. The van der Waals surface area contributed by atoms with Crippen LogP contribution in [0, 0.1) is 0 Å². The van der Waals surface area contributed by atoms with Gasteiger partial charge in [-0.1, -0.05) is 19.3 Å². The standard InChI is InChI=1S/C19H21F3N2O3/c1-26-12-27-17-9-13(19(20,21)22)7-8-15(17)16-10-23-11-24(18(16)25)14-5-3-2-4-6-14/h7-11,14H,2-6,12H2,1H3. The van der Waals surface area contributed by atoms with Crippen molar-refractivity contribution in [3.05, 3.63) is 46.6 Å². The molecule has 0 spiro atoms. The topological polar surface area (TPSA) is 53.4 Å². The monoisotopic (exact) mass is 382 g/mol. The first-order chi connectivity index (χ1) is 12.9. The van der Waals surface area contributed by atoms with E-state index in [0.29, 0.717) is 0 Å². The third-order valence-corrected chi connectivity index (χ3v) is 4.76. The number of nitrogens with zero attached hydrogens (tertiary/aromatic N) is 2. The maximum absolute atomic E-state index is 13.0. The first kappa shape index (κ1) is 19.4. The van der Waals surface area contributed by atoms with Crippen LogP contribution in [0.1, 0.15) is 43.7 Å². The molecule has 2 aromatic rings. The molecule has 1 fully saturated rings. The second-order valence-corrected chi connectivity index (χ2v) is 6.57. The van der Waals surface area contributed by atoms with Crippen LogP contribution in [0.5, 0.6) is 5.75 Å². The highest BCUT2D eigenvalue weighted by molar-refractivity contribution is 5.69. The highest BCUT2D eigenvalue weighted by atomic mass is 19.4. The fraction of sp³-hybridized carbons (Fsp3) is 0.474. The van der Waals surface area contributed by atoms with E-state index in [1.807, 2.05) is 0 Å². The van der Waals surface area contributed by atoms with Crippen LogP contribution >= 0.6 is 0 Å². The van der Waals surface area contributed by atoms with Crippen LogP contribution in [0.4, 0.5) is 13.2 Å². The van der Waals surface area contributed by atoms with Gasteiger partial charge in [0, 0.05) is 24.9 Å². The Labute approximate surface area is 154 Å². The van der Waals surface area contributed by atoms with Crippen molar-refractivity contribution < 1.29 is 22.6 Å². The van der Waals surface area contributed by atoms with Crippen LogP contribution in [-0.4, -0.2) is 23.5 Å². The van der Waals surface area contributed by atoms with Gasteiger partial charge in [0.25, 0.3) is 5.56 Å². The lowest BCUT2D eigenvalue weighted by Crippen LogP contribution is -2.27. The van der Waals surface area contributed by atoms with E-state index in [2.05, 4.69) is 4.98 Å². The Morgan fingerprint density at radius 1 is 1.19 bits per heavy atom. The lowest BCUT2D eigenvalue weighted by Gasteiger charge is -2.24. The minimum Gasteiger partial charge on any atom is -0.467 e. The van der Waals surface area contributed by atoms with Gasteiger partial charge in [0.15, 0.2) is 6.79 Å². The Morgan fingerprint density at radius 3 is 2.59 bits per heavy atom. The number of hydrogen-bond donors (Lipinski definition) is 0. The summed E-state index contributed by atoms with van der Waals surface area (Å²) in [7, 11) is 1.37. The summed E-state index contributed by atoms with van der Waals surface area (Å²) in [4.78, 5) is 17.1. The van der Waals surface area contributed by atoms with Crippen LogP contribution in [0.25, 0.3) is 11.1 Å². The van der Waals surface area contributed by atoms with Crippen molar-refractivity contribution in [3.8, 4) is 16.9 Å². The summed E-state index contributed by atoms with van der Waals surface area (Å²) in [6.07, 6.45) is 3.38. The van der Waals surface area contributed by atoms with Gasteiger partial charge in [0.05, 0.1) is 17.5 Å². The third-order valence-electron chi connectivity index (χ3n) is 4.76. The van der Waals surface area contributed by atoms with Crippen molar-refractivity contribution in [1.82, 2.24) is 9.55 Å². The molecule has 8 heteroatoms. The lowest BCUT2D eigenvalue weighted by molar-refractivity contribution is -0.137. The fourth-order valence-electron chi connectivity index (χ4n) is 3.39.